The fourth-order valence-electron chi connectivity index (χ4n) is 0.177. The predicted octanol–water partition coefficient (Wildman–Crippen LogP) is 0.534. The number of hydrogen-bond donors (Lipinski definition) is 0. The first-order chi connectivity index (χ1) is 3.81. The Morgan fingerprint density at radius 2 is 1.89 bits per heavy atom. The highest BCUT2D eigenvalue weighted by molar-refractivity contribution is 7.86. The molecule has 0 spiro atoms. The summed E-state index contributed by atoms with van der Waals surface area (Å²) in [6, 6.07) is 0. The van der Waals surface area contributed by atoms with Crippen LogP contribution in [0.15, 0.2) is 0 Å². The molecule has 0 bridgehead atoms. The maximum Gasteiger partial charge on any atom is 0.334 e. The van der Waals surface area contributed by atoms with Crippen LogP contribution in [0.4, 0.5) is 8.78 Å². The molecule has 0 rings (SSSR count). The smallest absolute Gasteiger partial charge is 0.334 e. The summed E-state index contributed by atoms with van der Waals surface area (Å²) in [6.07, 6.45) is -0.973. The first kappa shape index (κ1) is 8.77. The minimum atomic E-state index is -5.44. The molecule has 0 aliphatic rings. The van der Waals surface area contributed by atoms with Crippen molar-refractivity contribution < 1.29 is 21.8 Å². The van der Waals surface area contributed by atoms with Gasteiger partial charge in [0.1, 0.15) is 0 Å². The van der Waals surface area contributed by atoms with E-state index in [-0.39, 0.29) is 0 Å². The highest BCUT2D eigenvalue weighted by Gasteiger charge is 2.34. The summed E-state index contributed by atoms with van der Waals surface area (Å²) in [6.45, 7) is 0.926. The normalized spacial score (nSPS) is 13.8. The summed E-state index contributed by atoms with van der Waals surface area (Å²) in [5.41, 5.74) is 0. The molecular weight excluding hydrogens is 154 g/mol. The van der Waals surface area contributed by atoms with Crippen LogP contribution in [0.2, 0.25) is 0 Å². The lowest BCUT2D eigenvalue weighted by Crippen LogP contribution is -2.26. The predicted molar refractivity (Wildman–Crippen MR) is 24.9 cm³/mol. The maximum atomic E-state index is 11.8. The summed E-state index contributed by atoms with van der Waals surface area (Å²) in [4.78, 5) is 0. The Morgan fingerprint density at radius 1 is 1.56 bits per heavy atom. The van der Waals surface area contributed by atoms with Crippen molar-refractivity contribution in [2.24, 2.45) is 0 Å². The van der Waals surface area contributed by atoms with Crippen molar-refractivity contribution in [3.05, 3.63) is 0 Å². The molecule has 0 amide bonds. The molecule has 0 aliphatic heterocycles. The van der Waals surface area contributed by atoms with Crippen molar-refractivity contribution >= 4 is 10.1 Å². The van der Waals surface area contributed by atoms with E-state index >= 15 is 0 Å². The molecule has 0 atom stereocenters. The lowest BCUT2D eigenvalue weighted by Gasteiger charge is -2.16. The van der Waals surface area contributed by atoms with Gasteiger partial charge in [0.25, 0.3) is 0 Å². The van der Waals surface area contributed by atoms with Gasteiger partial charge in [-0.3, -0.25) is 0 Å². The molecule has 0 saturated carbocycles. The van der Waals surface area contributed by atoms with Gasteiger partial charge in [-0.05, 0) is 0 Å². The van der Waals surface area contributed by atoms with Gasteiger partial charge in [-0.1, -0.05) is 6.92 Å². The lowest BCUT2D eigenvalue weighted by molar-refractivity contribution is 0.0755. The molecule has 0 aromatic rings. The molecule has 0 aromatic carbocycles. The third-order valence-corrected chi connectivity index (χ3v) is 1.80. The molecule has 0 unspecified atom stereocenters. The van der Waals surface area contributed by atoms with Gasteiger partial charge in [-0.25, -0.2) is 8.42 Å². The van der Waals surface area contributed by atoms with Crippen LogP contribution in [-0.2, 0) is 10.1 Å². The van der Waals surface area contributed by atoms with E-state index in [0.717, 1.165) is 6.92 Å². The molecule has 3 nitrogen and oxygen atoms in total. The molecule has 0 radical (unpaired) electrons. The van der Waals surface area contributed by atoms with E-state index in [4.69, 9.17) is 0 Å². The molecule has 9 heavy (non-hydrogen) atoms. The van der Waals surface area contributed by atoms with Crippen molar-refractivity contribution in [3.8, 4) is 0 Å². The summed E-state index contributed by atoms with van der Waals surface area (Å²) in [5, 5.41) is -4.10. The molecule has 0 aliphatic carbocycles. The minimum absolute atomic E-state index is 0.926. The summed E-state index contributed by atoms with van der Waals surface area (Å²) >= 11 is 0. The van der Waals surface area contributed by atoms with Gasteiger partial charge in [0, 0.05) is 6.42 Å². The molecule has 0 heterocycles. The van der Waals surface area contributed by atoms with E-state index in [9.17, 15) is 21.8 Å². The minimum Gasteiger partial charge on any atom is -0.743 e. The molecule has 0 fully saturated rings. The molecule has 0 N–H and O–H groups in total. The van der Waals surface area contributed by atoms with Crippen molar-refractivity contribution in [1.82, 2.24) is 0 Å². The highest BCUT2D eigenvalue weighted by atomic mass is 32.2. The van der Waals surface area contributed by atoms with Crippen LogP contribution in [-0.4, -0.2) is 18.2 Å². The van der Waals surface area contributed by atoms with Crippen molar-refractivity contribution in [3.63, 3.8) is 0 Å². The fraction of sp³-hybridized carbons (Fsp3) is 1.00. The second kappa shape index (κ2) is 2.18. The quantitative estimate of drug-likeness (QED) is 0.552. The Bertz CT molecular complexity index is 183. The van der Waals surface area contributed by atoms with Crippen LogP contribution in [0.1, 0.15) is 13.3 Å². The van der Waals surface area contributed by atoms with Gasteiger partial charge in [-0.15, -0.1) is 0 Å². The fourth-order valence-corrected chi connectivity index (χ4v) is 0.530. The Kier molecular flexibility index (Phi) is 2.13. The Morgan fingerprint density at radius 3 is 1.89 bits per heavy atom. The van der Waals surface area contributed by atoms with Crippen molar-refractivity contribution in [2.75, 3.05) is 0 Å². The highest BCUT2D eigenvalue weighted by Crippen LogP contribution is 2.23. The molecule has 0 saturated heterocycles. The topological polar surface area (TPSA) is 57.2 Å². The van der Waals surface area contributed by atoms with Gasteiger partial charge < -0.3 is 4.55 Å². The zero-order valence-electron chi connectivity index (χ0n) is 4.60. The van der Waals surface area contributed by atoms with Crippen molar-refractivity contribution in [1.29, 1.82) is 0 Å². The number of halogens is 2. The van der Waals surface area contributed by atoms with E-state index in [2.05, 4.69) is 0 Å². The second-order valence-electron chi connectivity index (χ2n) is 1.45. The number of rotatable bonds is 2. The number of hydrogen-bond acceptors (Lipinski definition) is 3. The van der Waals surface area contributed by atoms with Crippen LogP contribution in [0, 0.1) is 0 Å². The third kappa shape index (κ3) is 1.87. The largest absolute Gasteiger partial charge is 0.743 e. The first-order valence-corrected chi connectivity index (χ1v) is 3.55. The average molecular weight is 159 g/mol. The van der Waals surface area contributed by atoms with Crippen LogP contribution in [0.3, 0.4) is 0 Å². The summed E-state index contributed by atoms with van der Waals surface area (Å²) in [7, 11) is -5.44. The van der Waals surface area contributed by atoms with E-state index in [0.29, 0.717) is 0 Å². The summed E-state index contributed by atoms with van der Waals surface area (Å²) < 4.78 is 52.3. The second-order valence-corrected chi connectivity index (χ2v) is 2.95. The van der Waals surface area contributed by atoms with Gasteiger partial charge >= 0.3 is 5.25 Å². The Labute approximate surface area is 51.4 Å². The third-order valence-electron chi connectivity index (χ3n) is 0.777. The average Bonchev–Trinajstić information content (AvgIpc) is 1.64. The molecule has 0 aromatic heterocycles. The summed E-state index contributed by atoms with van der Waals surface area (Å²) in [5.74, 6) is 0. The van der Waals surface area contributed by atoms with E-state index in [1.165, 1.54) is 0 Å². The molecular formula is C3H5F2O3S-. The van der Waals surface area contributed by atoms with Crippen LogP contribution in [0.5, 0.6) is 0 Å². The number of alkyl halides is 2. The first-order valence-electron chi connectivity index (χ1n) is 2.14. The zero-order valence-corrected chi connectivity index (χ0v) is 5.41. The Balaban J connectivity index is 4.56. The maximum absolute atomic E-state index is 11.8. The van der Waals surface area contributed by atoms with Crippen LogP contribution in [0.25, 0.3) is 0 Å². The molecule has 56 valence electrons. The van der Waals surface area contributed by atoms with E-state index in [1.807, 2.05) is 0 Å². The monoisotopic (exact) mass is 159 g/mol. The van der Waals surface area contributed by atoms with E-state index < -0.39 is 21.8 Å². The van der Waals surface area contributed by atoms with Crippen LogP contribution >= 0.6 is 0 Å². The van der Waals surface area contributed by atoms with E-state index in [1.54, 1.807) is 0 Å². The Hall–Kier alpha value is -0.230. The lowest BCUT2D eigenvalue weighted by atomic mass is 10.5. The van der Waals surface area contributed by atoms with Crippen LogP contribution < -0.4 is 0 Å². The van der Waals surface area contributed by atoms with Gasteiger partial charge in [0.2, 0.25) is 0 Å². The SMILES string of the molecule is CCC(F)(F)S(=O)(=O)[O-]. The van der Waals surface area contributed by atoms with Crippen molar-refractivity contribution in [2.45, 2.75) is 18.6 Å². The standard InChI is InChI=1S/C3H6F2O3S/c1-2-3(4,5)9(6,7)8/h2H2,1H3,(H,6,7,8)/p-1. The van der Waals surface area contributed by atoms with Gasteiger partial charge in [0.15, 0.2) is 10.1 Å². The molecule has 6 heteroatoms. The van der Waals surface area contributed by atoms with Gasteiger partial charge in [-0.2, -0.15) is 8.78 Å². The van der Waals surface area contributed by atoms with Gasteiger partial charge in [0.05, 0.1) is 0 Å². The zero-order chi connectivity index (χ0) is 7.71.